The van der Waals surface area contributed by atoms with Gasteiger partial charge in [0.25, 0.3) is 0 Å². The van der Waals surface area contributed by atoms with E-state index >= 15 is 0 Å². The van der Waals surface area contributed by atoms with E-state index in [0.29, 0.717) is 5.15 Å². The molecule has 0 atom stereocenters. The molecule has 2 rings (SSSR count). The number of aromatic nitrogens is 2. The molecule has 0 aliphatic heterocycles. The number of nitrogens with one attached hydrogen (secondary N) is 1. The number of aliphatic hydroxyl groups excluding tert-OH is 1. The predicted octanol–water partition coefficient (Wildman–Crippen LogP) is 2.19. The van der Waals surface area contributed by atoms with Gasteiger partial charge in [0.2, 0.25) is 0 Å². The summed E-state index contributed by atoms with van der Waals surface area (Å²) in [6.07, 6.45) is 3.40. The summed E-state index contributed by atoms with van der Waals surface area (Å²) in [6, 6.07) is 0. The van der Waals surface area contributed by atoms with Gasteiger partial charge in [-0.05, 0) is 18.8 Å². The lowest BCUT2D eigenvalue weighted by molar-refractivity contribution is 0.266. The number of hydrogen-bond donors (Lipinski definition) is 2. The molecule has 0 aromatic carbocycles. The molecule has 1 aromatic heterocycles. The van der Waals surface area contributed by atoms with Crippen molar-refractivity contribution in [2.24, 2.45) is 0 Å². The van der Waals surface area contributed by atoms with E-state index in [4.69, 9.17) is 11.6 Å². The molecule has 16 heavy (non-hydrogen) atoms. The molecule has 1 aliphatic carbocycles. The molecule has 0 radical (unpaired) electrons. The largest absolute Gasteiger partial charge is 0.394 e. The molecule has 1 aliphatic rings. The average Bonchev–Trinajstić information content (AvgIpc) is 2.98. The van der Waals surface area contributed by atoms with Crippen LogP contribution in [0.3, 0.4) is 0 Å². The van der Waals surface area contributed by atoms with Crippen molar-refractivity contribution in [3.05, 3.63) is 17.0 Å². The second-order valence-electron chi connectivity index (χ2n) is 4.64. The van der Waals surface area contributed by atoms with Crippen molar-refractivity contribution in [2.45, 2.75) is 38.1 Å². The van der Waals surface area contributed by atoms with Gasteiger partial charge < -0.3 is 10.4 Å². The fourth-order valence-corrected chi connectivity index (χ4v) is 2.06. The summed E-state index contributed by atoms with van der Waals surface area (Å²) >= 11 is 6.06. The second kappa shape index (κ2) is 4.18. The van der Waals surface area contributed by atoms with Crippen LogP contribution in [-0.2, 0) is 0 Å². The molecule has 1 saturated carbocycles. The van der Waals surface area contributed by atoms with Crippen molar-refractivity contribution < 1.29 is 5.11 Å². The summed E-state index contributed by atoms with van der Waals surface area (Å²) < 4.78 is 0. The van der Waals surface area contributed by atoms with Gasteiger partial charge >= 0.3 is 0 Å². The highest BCUT2D eigenvalue weighted by Gasteiger charge is 2.43. The number of hydrogen-bond acceptors (Lipinski definition) is 4. The van der Waals surface area contributed by atoms with E-state index in [2.05, 4.69) is 15.3 Å². The summed E-state index contributed by atoms with van der Waals surface area (Å²) in [5.41, 5.74) is 0.741. The summed E-state index contributed by atoms with van der Waals surface area (Å²) in [4.78, 5) is 8.21. The minimum absolute atomic E-state index is 0.131. The molecular formula is C11H16ClN3O. The Bertz CT molecular complexity index is 391. The van der Waals surface area contributed by atoms with E-state index < -0.39 is 0 Å². The van der Waals surface area contributed by atoms with Gasteiger partial charge in [0, 0.05) is 5.56 Å². The Morgan fingerprint density at radius 1 is 1.50 bits per heavy atom. The molecule has 88 valence electrons. The van der Waals surface area contributed by atoms with Crippen LogP contribution in [-0.4, -0.2) is 27.2 Å². The Balaban J connectivity index is 2.30. The first-order chi connectivity index (χ1) is 7.58. The second-order valence-corrected chi connectivity index (χ2v) is 5.00. The lowest BCUT2D eigenvalue weighted by Crippen LogP contribution is -2.27. The smallest absolute Gasteiger partial charge is 0.138 e. The molecule has 2 N–H and O–H groups in total. The minimum atomic E-state index is -0.179. The number of anilines is 1. The third-order valence-electron chi connectivity index (χ3n) is 2.95. The molecular weight excluding hydrogens is 226 g/mol. The van der Waals surface area contributed by atoms with Gasteiger partial charge in [-0.3, -0.25) is 0 Å². The first-order valence-corrected chi connectivity index (χ1v) is 5.85. The number of rotatable bonds is 4. The quantitative estimate of drug-likeness (QED) is 0.794. The molecule has 0 unspecified atom stereocenters. The highest BCUT2D eigenvalue weighted by Crippen LogP contribution is 2.40. The summed E-state index contributed by atoms with van der Waals surface area (Å²) in [6.45, 7) is 4.23. The minimum Gasteiger partial charge on any atom is -0.394 e. The fraction of sp³-hybridized carbons (Fsp3) is 0.636. The predicted molar refractivity (Wildman–Crippen MR) is 63.8 cm³/mol. The molecule has 0 spiro atoms. The first kappa shape index (κ1) is 11.6. The van der Waals surface area contributed by atoms with Crippen molar-refractivity contribution in [1.82, 2.24) is 9.97 Å². The monoisotopic (exact) mass is 241 g/mol. The molecule has 1 aromatic rings. The van der Waals surface area contributed by atoms with Crippen LogP contribution in [0.5, 0.6) is 0 Å². The number of halogens is 1. The lowest BCUT2D eigenvalue weighted by Gasteiger charge is -2.19. The van der Waals surface area contributed by atoms with Crippen molar-refractivity contribution in [2.75, 3.05) is 11.9 Å². The van der Waals surface area contributed by atoms with Gasteiger partial charge in [-0.2, -0.15) is 0 Å². The summed E-state index contributed by atoms with van der Waals surface area (Å²) in [5.74, 6) is 1.01. The Morgan fingerprint density at radius 2 is 2.19 bits per heavy atom. The third kappa shape index (κ3) is 2.13. The highest BCUT2D eigenvalue weighted by molar-refractivity contribution is 6.30. The molecule has 5 heteroatoms. The SMILES string of the molecule is CC(C)c1c(Cl)ncnc1NC1(CO)CC1. The van der Waals surface area contributed by atoms with Crippen LogP contribution in [0.1, 0.15) is 38.2 Å². The molecule has 1 heterocycles. The van der Waals surface area contributed by atoms with E-state index in [1.807, 2.05) is 13.8 Å². The van der Waals surface area contributed by atoms with Crippen LogP contribution in [0.25, 0.3) is 0 Å². The Morgan fingerprint density at radius 3 is 2.69 bits per heavy atom. The molecule has 0 saturated heterocycles. The first-order valence-electron chi connectivity index (χ1n) is 5.47. The third-order valence-corrected chi connectivity index (χ3v) is 3.25. The van der Waals surface area contributed by atoms with E-state index in [0.717, 1.165) is 24.2 Å². The topological polar surface area (TPSA) is 58.0 Å². The van der Waals surface area contributed by atoms with Crippen LogP contribution in [0, 0.1) is 0 Å². The van der Waals surface area contributed by atoms with Crippen molar-refractivity contribution in [3.8, 4) is 0 Å². The van der Waals surface area contributed by atoms with Crippen molar-refractivity contribution in [1.29, 1.82) is 0 Å². The zero-order valence-corrected chi connectivity index (χ0v) is 10.3. The zero-order valence-electron chi connectivity index (χ0n) is 9.50. The van der Waals surface area contributed by atoms with E-state index in [1.165, 1.54) is 6.33 Å². The Hall–Kier alpha value is -0.870. The summed E-state index contributed by atoms with van der Waals surface area (Å²) in [5, 5.41) is 13.0. The maximum atomic E-state index is 9.28. The number of nitrogens with zero attached hydrogens (tertiary/aromatic N) is 2. The number of aliphatic hydroxyl groups is 1. The maximum absolute atomic E-state index is 9.28. The van der Waals surface area contributed by atoms with Gasteiger partial charge in [0.05, 0.1) is 12.1 Å². The van der Waals surface area contributed by atoms with E-state index in [1.54, 1.807) is 0 Å². The van der Waals surface area contributed by atoms with E-state index in [9.17, 15) is 5.11 Å². The maximum Gasteiger partial charge on any atom is 0.138 e. The van der Waals surface area contributed by atoms with Gasteiger partial charge in [0.15, 0.2) is 0 Å². The zero-order chi connectivity index (χ0) is 11.8. The van der Waals surface area contributed by atoms with E-state index in [-0.39, 0.29) is 18.1 Å². The molecule has 0 bridgehead atoms. The summed E-state index contributed by atoms with van der Waals surface area (Å²) in [7, 11) is 0. The van der Waals surface area contributed by atoms with Gasteiger partial charge in [0.1, 0.15) is 17.3 Å². The van der Waals surface area contributed by atoms with Crippen LogP contribution in [0.4, 0.5) is 5.82 Å². The molecule has 0 amide bonds. The molecule has 4 nitrogen and oxygen atoms in total. The van der Waals surface area contributed by atoms with Crippen LogP contribution in [0.15, 0.2) is 6.33 Å². The van der Waals surface area contributed by atoms with Gasteiger partial charge in [-0.1, -0.05) is 25.4 Å². The molecule has 1 fully saturated rings. The van der Waals surface area contributed by atoms with Crippen LogP contribution in [0.2, 0.25) is 5.15 Å². The fourth-order valence-electron chi connectivity index (χ4n) is 1.71. The Labute approximate surface area is 100 Å². The lowest BCUT2D eigenvalue weighted by atomic mass is 10.1. The van der Waals surface area contributed by atoms with Crippen molar-refractivity contribution >= 4 is 17.4 Å². The highest BCUT2D eigenvalue weighted by atomic mass is 35.5. The Kier molecular flexibility index (Phi) is 3.04. The van der Waals surface area contributed by atoms with Crippen LogP contribution < -0.4 is 5.32 Å². The average molecular weight is 242 g/mol. The van der Waals surface area contributed by atoms with Crippen LogP contribution >= 0.6 is 11.6 Å². The van der Waals surface area contributed by atoms with Gasteiger partial charge in [-0.15, -0.1) is 0 Å². The normalized spacial score (nSPS) is 17.6. The standard InChI is InChI=1S/C11H16ClN3O/c1-7(2)8-9(12)13-6-14-10(8)15-11(5-16)3-4-11/h6-7,16H,3-5H2,1-2H3,(H,13,14,15). The van der Waals surface area contributed by atoms with Gasteiger partial charge in [-0.25, -0.2) is 9.97 Å². The van der Waals surface area contributed by atoms with Crippen molar-refractivity contribution in [3.63, 3.8) is 0 Å².